The molecule has 0 bridgehead atoms. The minimum atomic E-state index is -0.587. The Morgan fingerprint density at radius 2 is 1.70 bits per heavy atom. The van der Waals surface area contributed by atoms with Gasteiger partial charge in [-0.1, -0.05) is 12.1 Å². The fraction of sp³-hybridized carbons (Fsp3) is 0.316. The van der Waals surface area contributed by atoms with Gasteiger partial charge in [0.2, 0.25) is 6.79 Å². The van der Waals surface area contributed by atoms with Crippen molar-refractivity contribution in [3.63, 3.8) is 0 Å². The minimum absolute atomic E-state index is 0.0297. The molecule has 0 aromatic heterocycles. The number of hydrogen-bond acceptors (Lipinski definition) is 4. The largest absolute Gasteiger partial charge is 0.454 e. The van der Waals surface area contributed by atoms with Crippen LogP contribution < -0.4 is 19.7 Å². The Morgan fingerprint density at radius 1 is 1.00 bits per heavy atom. The van der Waals surface area contributed by atoms with E-state index in [0.29, 0.717) is 44.2 Å². The molecule has 0 atom stereocenters. The zero-order valence-electron chi connectivity index (χ0n) is 14.6. The van der Waals surface area contributed by atoms with E-state index in [1.807, 2.05) is 18.2 Å². The summed E-state index contributed by atoms with van der Waals surface area (Å²) in [5.41, 5.74) is 0.873. The third kappa shape index (κ3) is 3.60. The number of fused-ring (bicyclic) bond motifs is 1. The second-order valence-electron chi connectivity index (χ2n) is 6.39. The topological polar surface area (TPSA) is 54.0 Å². The number of benzene rings is 2. The minimum Gasteiger partial charge on any atom is -0.454 e. The molecule has 2 heterocycles. The van der Waals surface area contributed by atoms with Gasteiger partial charge < -0.3 is 24.6 Å². The number of piperazine rings is 1. The fourth-order valence-electron chi connectivity index (χ4n) is 3.26. The second kappa shape index (κ2) is 7.30. The molecular formula is C19H19F2N3O3. The number of para-hydroxylation sites is 1. The first kappa shape index (κ1) is 17.4. The molecule has 2 aliphatic heterocycles. The molecule has 2 aromatic rings. The van der Waals surface area contributed by atoms with E-state index >= 15 is 0 Å². The summed E-state index contributed by atoms with van der Waals surface area (Å²) in [6.45, 7) is 2.09. The predicted molar refractivity (Wildman–Crippen MR) is 94.9 cm³/mol. The standard InChI is InChI=1S/C19H19F2N3O3/c20-14-2-1-3-15(21)18(14)23-6-8-24(9-7-23)19(25)22-11-13-4-5-16-17(10-13)27-12-26-16/h1-5,10H,6-9,11-12H2,(H,22,25). The van der Waals surface area contributed by atoms with Gasteiger partial charge in [-0.05, 0) is 29.8 Å². The molecule has 0 unspecified atom stereocenters. The van der Waals surface area contributed by atoms with Crippen LogP contribution in [0.2, 0.25) is 0 Å². The van der Waals surface area contributed by atoms with E-state index in [0.717, 1.165) is 5.56 Å². The molecule has 2 amide bonds. The van der Waals surface area contributed by atoms with Crippen molar-refractivity contribution in [1.82, 2.24) is 10.2 Å². The SMILES string of the molecule is O=C(NCc1ccc2c(c1)OCO2)N1CCN(c2c(F)cccc2F)CC1. The lowest BCUT2D eigenvalue weighted by molar-refractivity contribution is 0.174. The molecule has 6 nitrogen and oxygen atoms in total. The van der Waals surface area contributed by atoms with Crippen LogP contribution in [0, 0.1) is 11.6 Å². The van der Waals surface area contributed by atoms with Crippen molar-refractivity contribution in [2.45, 2.75) is 6.54 Å². The number of amides is 2. The molecule has 27 heavy (non-hydrogen) atoms. The Balaban J connectivity index is 1.31. The highest BCUT2D eigenvalue weighted by atomic mass is 19.1. The van der Waals surface area contributed by atoms with Crippen molar-refractivity contribution >= 4 is 11.7 Å². The van der Waals surface area contributed by atoms with E-state index < -0.39 is 11.6 Å². The Labute approximate surface area is 155 Å². The van der Waals surface area contributed by atoms with E-state index in [2.05, 4.69) is 5.32 Å². The third-order valence-electron chi connectivity index (χ3n) is 4.70. The van der Waals surface area contributed by atoms with E-state index in [1.165, 1.54) is 18.2 Å². The number of rotatable bonds is 3. The fourth-order valence-corrected chi connectivity index (χ4v) is 3.26. The van der Waals surface area contributed by atoms with Gasteiger partial charge >= 0.3 is 6.03 Å². The molecule has 8 heteroatoms. The number of nitrogens with zero attached hydrogens (tertiary/aromatic N) is 2. The van der Waals surface area contributed by atoms with Gasteiger partial charge in [-0.15, -0.1) is 0 Å². The average molecular weight is 375 g/mol. The van der Waals surface area contributed by atoms with Crippen LogP contribution in [0.4, 0.5) is 19.3 Å². The molecule has 1 saturated heterocycles. The number of ether oxygens (including phenoxy) is 2. The maximum atomic E-state index is 13.9. The summed E-state index contributed by atoms with van der Waals surface area (Å²) in [5, 5.41) is 2.86. The molecule has 1 N–H and O–H groups in total. The molecule has 142 valence electrons. The Morgan fingerprint density at radius 3 is 2.44 bits per heavy atom. The Kier molecular flexibility index (Phi) is 4.70. The van der Waals surface area contributed by atoms with Gasteiger partial charge in [0, 0.05) is 32.7 Å². The lowest BCUT2D eigenvalue weighted by Gasteiger charge is -2.36. The summed E-state index contributed by atoms with van der Waals surface area (Å²) in [4.78, 5) is 15.6. The summed E-state index contributed by atoms with van der Waals surface area (Å²) in [7, 11) is 0. The van der Waals surface area contributed by atoms with Gasteiger partial charge in [0.25, 0.3) is 0 Å². The lowest BCUT2D eigenvalue weighted by atomic mass is 10.2. The molecule has 0 aliphatic carbocycles. The molecule has 2 aliphatic rings. The first-order valence-corrected chi connectivity index (χ1v) is 8.72. The zero-order chi connectivity index (χ0) is 18.8. The predicted octanol–water partition coefficient (Wildman–Crippen LogP) is 2.73. The first-order chi connectivity index (χ1) is 13.1. The number of hydrogen-bond donors (Lipinski definition) is 1. The maximum Gasteiger partial charge on any atom is 0.317 e. The highest BCUT2D eigenvalue weighted by Gasteiger charge is 2.24. The van der Waals surface area contributed by atoms with Gasteiger partial charge in [-0.25, -0.2) is 13.6 Å². The monoisotopic (exact) mass is 375 g/mol. The molecule has 0 saturated carbocycles. The van der Waals surface area contributed by atoms with Crippen LogP contribution in [0.5, 0.6) is 11.5 Å². The smallest absolute Gasteiger partial charge is 0.317 e. The maximum absolute atomic E-state index is 13.9. The van der Waals surface area contributed by atoms with Crippen LogP contribution in [0.1, 0.15) is 5.56 Å². The number of urea groups is 1. The van der Waals surface area contributed by atoms with E-state index in [4.69, 9.17) is 9.47 Å². The lowest BCUT2D eigenvalue weighted by Crippen LogP contribution is -2.52. The van der Waals surface area contributed by atoms with Gasteiger partial charge in [0.15, 0.2) is 11.5 Å². The number of halogens is 2. The summed E-state index contributed by atoms with van der Waals surface area (Å²) >= 11 is 0. The highest BCUT2D eigenvalue weighted by Crippen LogP contribution is 2.32. The highest BCUT2D eigenvalue weighted by molar-refractivity contribution is 5.74. The van der Waals surface area contributed by atoms with Gasteiger partial charge in [0.1, 0.15) is 17.3 Å². The summed E-state index contributed by atoms with van der Waals surface area (Å²) in [5.74, 6) is 0.190. The normalized spacial score (nSPS) is 15.8. The number of carbonyl (C=O) groups excluding carboxylic acids is 1. The van der Waals surface area contributed by atoms with Crippen LogP contribution in [-0.2, 0) is 6.54 Å². The Hall–Kier alpha value is -3.03. The zero-order valence-corrected chi connectivity index (χ0v) is 14.6. The van der Waals surface area contributed by atoms with Gasteiger partial charge in [-0.3, -0.25) is 0 Å². The Bertz CT molecular complexity index is 834. The van der Waals surface area contributed by atoms with Crippen LogP contribution >= 0.6 is 0 Å². The molecule has 0 spiro atoms. The van der Waals surface area contributed by atoms with E-state index in [9.17, 15) is 13.6 Å². The van der Waals surface area contributed by atoms with E-state index in [-0.39, 0.29) is 18.5 Å². The summed E-state index contributed by atoms with van der Waals surface area (Å²) in [6, 6.07) is 9.13. The average Bonchev–Trinajstić information content (AvgIpc) is 3.14. The van der Waals surface area contributed by atoms with Crippen molar-refractivity contribution in [2.75, 3.05) is 37.9 Å². The van der Waals surface area contributed by atoms with Crippen LogP contribution in [0.25, 0.3) is 0 Å². The van der Waals surface area contributed by atoms with Crippen LogP contribution in [-0.4, -0.2) is 43.9 Å². The van der Waals surface area contributed by atoms with Gasteiger partial charge in [0.05, 0.1) is 0 Å². The molecule has 2 aromatic carbocycles. The second-order valence-corrected chi connectivity index (χ2v) is 6.39. The third-order valence-corrected chi connectivity index (χ3v) is 4.70. The van der Waals surface area contributed by atoms with Crippen molar-refractivity contribution in [2.24, 2.45) is 0 Å². The van der Waals surface area contributed by atoms with Crippen molar-refractivity contribution in [3.05, 3.63) is 53.6 Å². The van der Waals surface area contributed by atoms with Crippen molar-refractivity contribution < 1.29 is 23.0 Å². The van der Waals surface area contributed by atoms with Crippen LogP contribution in [0.15, 0.2) is 36.4 Å². The molecule has 4 rings (SSSR count). The summed E-state index contributed by atoms with van der Waals surface area (Å²) in [6.07, 6.45) is 0. The van der Waals surface area contributed by atoms with Crippen molar-refractivity contribution in [3.8, 4) is 11.5 Å². The number of nitrogens with one attached hydrogen (secondary N) is 1. The van der Waals surface area contributed by atoms with E-state index in [1.54, 1.807) is 9.80 Å². The molecule has 1 fully saturated rings. The summed E-state index contributed by atoms with van der Waals surface area (Å²) < 4.78 is 38.4. The van der Waals surface area contributed by atoms with Gasteiger partial charge in [-0.2, -0.15) is 0 Å². The first-order valence-electron chi connectivity index (χ1n) is 8.72. The molecule has 0 radical (unpaired) electrons. The quantitative estimate of drug-likeness (QED) is 0.896. The molecular weight excluding hydrogens is 356 g/mol. The number of anilines is 1. The van der Waals surface area contributed by atoms with Crippen molar-refractivity contribution in [1.29, 1.82) is 0 Å². The van der Waals surface area contributed by atoms with Crippen LogP contribution in [0.3, 0.4) is 0 Å². The number of carbonyl (C=O) groups is 1.